The number of aromatic nitrogens is 1. The van der Waals surface area contributed by atoms with Crippen molar-refractivity contribution in [2.75, 3.05) is 13.1 Å². The van der Waals surface area contributed by atoms with Gasteiger partial charge in [-0.3, -0.25) is 4.79 Å². The van der Waals surface area contributed by atoms with E-state index in [9.17, 15) is 18.0 Å². The molecule has 0 atom stereocenters. The summed E-state index contributed by atoms with van der Waals surface area (Å²) in [5, 5.41) is 7.54. The summed E-state index contributed by atoms with van der Waals surface area (Å²) in [6.07, 6.45) is -0.444. The van der Waals surface area contributed by atoms with Gasteiger partial charge in [0.2, 0.25) is 0 Å². The SMILES string of the molecule is CCNC(=NCc1nc(C(F)(F)F)cs1)NCCCCCCC(=O)OC(C)(C)C. The number of aliphatic imine (C=N–C) groups is 1. The minimum atomic E-state index is -4.43. The van der Waals surface area contributed by atoms with E-state index in [-0.39, 0.29) is 12.5 Å². The van der Waals surface area contributed by atoms with Crippen LogP contribution >= 0.6 is 11.3 Å². The number of unbranched alkanes of at least 4 members (excludes halogenated alkanes) is 3. The number of thiazole rings is 1. The van der Waals surface area contributed by atoms with Crippen molar-refractivity contribution in [1.82, 2.24) is 15.6 Å². The van der Waals surface area contributed by atoms with Gasteiger partial charge in [0.1, 0.15) is 10.6 Å². The van der Waals surface area contributed by atoms with Gasteiger partial charge in [-0.25, -0.2) is 9.98 Å². The van der Waals surface area contributed by atoms with E-state index >= 15 is 0 Å². The third-order valence-corrected chi connectivity index (χ3v) is 4.41. The molecule has 0 bridgehead atoms. The summed E-state index contributed by atoms with van der Waals surface area (Å²) in [7, 11) is 0. The normalized spacial score (nSPS) is 12.7. The number of esters is 1. The number of alkyl halides is 3. The van der Waals surface area contributed by atoms with Crippen LogP contribution in [0.25, 0.3) is 0 Å². The van der Waals surface area contributed by atoms with Crippen LogP contribution in [-0.2, 0) is 22.3 Å². The number of nitrogens with zero attached hydrogens (tertiary/aromatic N) is 2. The molecule has 10 heteroatoms. The molecule has 166 valence electrons. The number of hydrogen-bond acceptors (Lipinski definition) is 5. The zero-order valence-corrected chi connectivity index (χ0v) is 18.3. The molecule has 1 aromatic heterocycles. The van der Waals surface area contributed by atoms with Gasteiger partial charge < -0.3 is 15.4 Å². The Labute approximate surface area is 174 Å². The van der Waals surface area contributed by atoms with Crippen LogP contribution in [0.4, 0.5) is 13.2 Å². The molecule has 0 aliphatic carbocycles. The second-order valence-corrected chi connectivity index (χ2v) is 8.44. The van der Waals surface area contributed by atoms with Gasteiger partial charge in [-0.2, -0.15) is 13.2 Å². The van der Waals surface area contributed by atoms with E-state index in [0.717, 1.165) is 42.4 Å². The van der Waals surface area contributed by atoms with Gasteiger partial charge in [-0.05, 0) is 40.5 Å². The van der Waals surface area contributed by atoms with E-state index in [0.29, 0.717) is 30.5 Å². The van der Waals surface area contributed by atoms with Crippen LogP contribution < -0.4 is 10.6 Å². The van der Waals surface area contributed by atoms with Crippen molar-refractivity contribution in [2.45, 2.75) is 78.1 Å². The zero-order valence-electron chi connectivity index (χ0n) is 17.5. The smallest absolute Gasteiger partial charge is 0.434 e. The molecule has 6 nitrogen and oxygen atoms in total. The summed E-state index contributed by atoms with van der Waals surface area (Å²) in [5.41, 5.74) is -1.33. The first-order chi connectivity index (χ1) is 13.5. The van der Waals surface area contributed by atoms with E-state index in [1.54, 1.807) is 0 Å². The maximum absolute atomic E-state index is 12.6. The average molecular weight is 437 g/mol. The number of rotatable bonds is 10. The fourth-order valence-corrected chi connectivity index (χ4v) is 3.07. The molecule has 0 radical (unpaired) electrons. The number of carbonyl (C=O) groups is 1. The predicted molar refractivity (Wildman–Crippen MR) is 109 cm³/mol. The van der Waals surface area contributed by atoms with Crippen molar-refractivity contribution in [3.63, 3.8) is 0 Å². The van der Waals surface area contributed by atoms with Gasteiger partial charge in [0.25, 0.3) is 0 Å². The highest BCUT2D eigenvalue weighted by molar-refractivity contribution is 7.09. The van der Waals surface area contributed by atoms with Crippen molar-refractivity contribution >= 4 is 23.3 Å². The molecule has 0 aliphatic heterocycles. The van der Waals surface area contributed by atoms with Crippen LogP contribution in [0.15, 0.2) is 10.4 Å². The molecule has 29 heavy (non-hydrogen) atoms. The molecule has 2 N–H and O–H groups in total. The minimum absolute atomic E-state index is 0.0893. The lowest BCUT2D eigenvalue weighted by molar-refractivity contribution is -0.155. The lowest BCUT2D eigenvalue weighted by atomic mass is 10.1. The maximum atomic E-state index is 12.6. The van der Waals surface area contributed by atoms with Gasteiger partial charge in [-0.15, -0.1) is 11.3 Å². The van der Waals surface area contributed by atoms with Crippen molar-refractivity contribution in [1.29, 1.82) is 0 Å². The maximum Gasteiger partial charge on any atom is 0.434 e. The van der Waals surface area contributed by atoms with Crippen molar-refractivity contribution in [3.05, 3.63) is 16.1 Å². The van der Waals surface area contributed by atoms with Crippen LogP contribution in [0.1, 0.15) is 70.5 Å². The number of carbonyl (C=O) groups excluding carboxylic acids is 1. The van der Waals surface area contributed by atoms with E-state index in [4.69, 9.17) is 4.74 Å². The van der Waals surface area contributed by atoms with Crippen LogP contribution in [0.5, 0.6) is 0 Å². The summed E-state index contributed by atoms with van der Waals surface area (Å²) in [5.74, 6) is 0.373. The van der Waals surface area contributed by atoms with E-state index < -0.39 is 17.5 Å². The fourth-order valence-electron chi connectivity index (χ4n) is 2.35. The van der Waals surface area contributed by atoms with E-state index in [2.05, 4.69) is 20.6 Å². The Morgan fingerprint density at radius 2 is 1.86 bits per heavy atom. The standard InChI is InChI=1S/C19H31F3N4O2S/c1-5-23-17(25-12-15-26-14(13-29-15)19(20,21)22)24-11-9-7-6-8-10-16(27)28-18(2,3)4/h13H,5-12H2,1-4H3,(H2,23,24,25). The van der Waals surface area contributed by atoms with Crippen LogP contribution in [0, 0.1) is 0 Å². The molecule has 0 spiro atoms. The Morgan fingerprint density at radius 1 is 1.17 bits per heavy atom. The molecule has 0 saturated heterocycles. The van der Waals surface area contributed by atoms with Crippen molar-refractivity contribution in [3.8, 4) is 0 Å². The molecular formula is C19H31F3N4O2S. The number of hydrogen-bond donors (Lipinski definition) is 2. The molecule has 1 rings (SSSR count). The summed E-state index contributed by atoms with van der Waals surface area (Å²) < 4.78 is 43.0. The second kappa shape index (κ2) is 12.0. The fraction of sp³-hybridized carbons (Fsp3) is 0.737. The van der Waals surface area contributed by atoms with Gasteiger partial charge in [0, 0.05) is 24.9 Å². The molecule has 0 amide bonds. The summed E-state index contributed by atoms with van der Waals surface area (Å²) in [4.78, 5) is 19.5. The highest BCUT2D eigenvalue weighted by Crippen LogP contribution is 2.30. The Bertz CT molecular complexity index is 655. The molecule has 0 aromatic carbocycles. The lowest BCUT2D eigenvalue weighted by Gasteiger charge is -2.19. The first kappa shape index (κ1) is 25.2. The Balaban J connectivity index is 2.28. The van der Waals surface area contributed by atoms with Crippen molar-refractivity contribution in [2.24, 2.45) is 4.99 Å². The first-order valence-corrected chi connectivity index (χ1v) is 10.6. The molecule has 0 fully saturated rings. The van der Waals surface area contributed by atoms with Gasteiger partial charge in [-0.1, -0.05) is 12.8 Å². The summed E-state index contributed by atoms with van der Waals surface area (Å²) in [6.45, 7) is 8.89. The first-order valence-electron chi connectivity index (χ1n) is 9.77. The molecule has 0 unspecified atom stereocenters. The highest BCUT2D eigenvalue weighted by Gasteiger charge is 2.33. The molecular weight excluding hydrogens is 405 g/mol. The van der Waals surface area contributed by atoms with Gasteiger partial charge in [0.15, 0.2) is 11.7 Å². The second-order valence-electron chi connectivity index (χ2n) is 7.50. The largest absolute Gasteiger partial charge is 0.460 e. The zero-order chi connectivity index (χ0) is 21.9. The average Bonchev–Trinajstić information content (AvgIpc) is 3.06. The quantitative estimate of drug-likeness (QED) is 0.244. The predicted octanol–water partition coefficient (Wildman–Crippen LogP) is 4.51. The minimum Gasteiger partial charge on any atom is -0.460 e. The molecule has 0 aliphatic rings. The molecule has 1 heterocycles. The van der Waals surface area contributed by atoms with Crippen LogP contribution in [0.3, 0.4) is 0 Å². The number of halogens is 3. The van der Waals surface area contributed by atoms with Crippen LogP contribution in [-0.4, -0.2) is 35.6 Å². The third-order valence-electron chi connectivity index (χ3n) is 3.58. The molecule has 0 saturated carbocycles. The Kier molecular flexibility index (Phi) is 10.4. The topological polar surface area (TPSA) is 75.6 Å². The van der Waals surface area contributed by atoms with Gasteiger partial charge >= 0.3 is 12.1 Å². The van der Waals surface area contributed by atoms with E-state index in [1.165, 1.54) is 0 Å². The monoisotopic (exact) mass is 436 g/mol. The summed E-state index contributed by atoms with van der Waals surface area (Å²) in [6, 6.07) is 0. The van der Waals surface area contributed by atoms with E-state index in [1.807, 2.05) is 27.7 Å². The third kappa shape index (κ3) is 11.7. The summed E-state index contributed by atoms with van der Waals surface area (Å²) >= 11 is 0.948. The lowest BCUT2D eigenvalue weighted by Crippen LogP contribution is -2.37. The Hall–Kier alpha value is -1.84. The highest BCUT2D eigenvalue weighted by atomic mass is 32.1. The van der Waals surface area contributed by atoms with Crippen LogP contribution in [0.2, 0.25) is 0 Å². The van der Waals surface area contributed by atoms with Crippen molar-refractivity contribution < 1.29 is 22.7 Å². The molecule has 1 aromatic rings. The Morgan fingerprint density at radius 3 is 2.45 bits per heavy atom. The van der Waals surface area contributed by atoms with Gasteiger partial charge in [0.05, 0.1) is 6.54 Å². The number of nitrogens with one attached hydrogen (secondary N) is 2. The number of guanidine groups is 1. The number of ether oxygens (including phenoxy) is 1.